The van der Waals surface area contributed by atoms with Gasteiger partial charge < -0.3 is 24.2 Å². The quantitative estimate of drug-likeness (QED) is 0.181. The molecule has 1 N–H and O–H groups in total. The molecule has 4 heterocycles. The lowest BCUT2D eigenvalue weighted by molar-refractivity contribution is -0.150. The molecule has 1 spiro atoms. The lowest BCUT2D eigenvalue weighted by Crippen LogP contribution is -2.52. The third kappa shape index (κ3) is 5.96. The third-order valence-corrected chi connectivity index (χ3v) is 16.8. The first-order chi connectivity index (χ1) is 27.0. The minimum Gasteiger partial charge on any atom is -0.497 e. The van der Waals surface area contributed by atoms with E-state index in [1.54, 1.807) is 35.2 Å². The Labute approximate surface area is 327 Å². The van der Waals surface area contributed by atoms with Gasteiger partial charge in [-0.3, -0.25) is 23.9 Å². The molecular weight excluding hydrogens is 723 g/mol. The largest absolute Gasteiger partial charge is 0.497 e. The predicted octanol–water partition coefficient (Wildman–Crippen LogP) is 6.08. The van der Waals surface area contributed by atoms with Gasteiger partial charge in [-0.15, -0.1) is 0 Å². The van der Waals surface area contributed by atoms with Gasteiger partial charge in [0, 0.05) is 35.6 Å². The highest BCUT2D eigenvalue weighted by Crippen LogP contribution is 2.61. The summed E-state index contributed by atoms with van der Waals surface area (Å²) in [6, 6.07) is 34.3. The maximum absolute atomic E-state index is 15.5. The molecule has 8 rings (SSSR count). The highest BCUT2D eigenvalue weighted by atomic mass is 28.3. The molecule has 1 fully saturated rings. The van der Waals surface area contributed by atoms with Gasteiger partial charge in [-0.1, -0.05) is 79.8 Å². The molecule has 10 nitrogen and oxygen atoms in total. The number of aromatic nitrogens is 1. The van der Waals surface area contributed by atoms with Gasteiger partial charge in [0.25, 0.3) is 11.5 Å². The van der Waals surface area contributed by atoms with E-state index in [2.05, 4.69) is 38.2 Å². The zero-order valence-corrected chi connectivity index (χ0v) is 33.3. The number of hydrogen-bond donors (Lipinski definition) is 1. The SMILES string of the molecule is COc1ccc([Si](C)(C)[C@H]2[C@H](CC(=O)N3Cc4ccccc4C[C@H]3CO)O[C@@]3(C(=O)N(c4ccccc4)c4ccc(-n5cccc(OC)c5=O)cc43)[C@@H]2C)cc1. The number of nitrogens with zero attached hydrogens (tertiary/aromatic N) is 3. The van der Waals surface area contributed by atoms with Gasteiger partial charge in [-0.05, 0) is 77.7 Å². The molecule has 2 amide bonds. The van der Waals surface area contributed by atoms with E-state index < -0.39 is 25.7 Å². The van der Waals surface area contributed by atoms with E-state index >= 15 is 4.79 Å². The van der Waals surface area contributed by atoms with E-state index in [0.717, 1.165) is 22.1 Å². The third-order valence-electron chi connectivity index (χ3n) is 12.4. The molecule has 0 saturated carbocycles. The topological polar surface area (TPSA) is 111 Å². The molecule has 11 heteroatoms. The number of ether oxygens (including phenoxy) is 3. The standard InChI is InChI=1S/C45H47N3O7Si/c1-29-42(56(4,5)36-20-18-35(53-2)19-21-36)40(26-41(50)47-27-31-13-10-9-12-30(31)24-34(47)28-49)55-45(29)37-25-33(46-23-11-16-39(54-3)43(46)51)17-22-38(37)48(44(45)52)32-14-7-6-8-15-32/h6-23,25,29,34,40,42,49H,24,26-28H2,1-5H3/t29-,34+,40+,42-,45+/m1/s1. The van der Waals surface area contributed by atoms with Crippen LogP contribution in [-0.2, 0) is 32.9 Å². The van der Waals surface area contributed by atoms with E-state index in [4.69, 9.17) is 14.2 Å². The van der Waals surface area contributed by atoms with Crippen LogP contribution in [0.2, 0.25) is 18.6 Å². The van der Waals surface area contributed by atoms with Crippen LogP contribution in [0.15, 0.2) is 120 Å². The van der Waals surface area contributed by atoms with Crippen molar-refractivity contribution in [2.24, 2.45) is 5.92 Å². The van der Waals surface area contributed by atoms with Crippen molar-refractivity contribution in [3.05, 3.63) is 142 Å². The number of pyridine rings is 1. The molecule has 3 aliphatic heterocycles. The minimum atomic E-state index is -2.60. The fourth-order valence-electron chi connectivity index (χ4n) is 9.57. The number of para-hydroxylation sites is 1. The van der Waals surface area contributed by atoms with E-state index in [1.165, 1.54) is 11.7 Å². The van der Waals surface area contributed by atoms with Crippen LogP contribution in [0.5, 0.6) is 11.5 Å². The number of carbonyl (C=O) groups is 2. The Hall–Kier alpha value is -5.49. The monoisotopic (exact) mass is 769 g/mol. The molecule has 3 aliphatic rings. The van der Waals surface area contributed by atoms with Crippen molar-refractivity contribution in [3.8, 4) is 17.2 Å². The number of carbonyl (C=O) groups excluding carboxylic acids is 2. The van der Waals surface area contributed by atoms with E-state index in [1.807, 2.05) is 78.9 Å². The molecule has 1 saturated heterocycles. The van der Waals surface area contributed by atoms with Gasteiger partial charge in [0.05, 0.1) is 53.2 Å². The van der Waals surface area contributed by atoms with Crippen molar-refractivity contribution in [2.45, 2.75) is 62.7 Å². The summed E-state index contributed by atoms with van der Waals surface area (Å²) in [7, 11) is 0.511. The molecule has 1 aromatic heterocycles. The number of methoxy groups -OCH3 is 2. The highest BCUT2D eigenvalue weighted by Gasteiger charge is 2.67. The average Bonchev–Trinajstić information content (AvgIpc) is 3.66. The van der Waals surface area contributed by atoms with Crippen LogP contribution in [0.3, 0.4) is 0 Å². The number of benzene rings is 4. The Morgan fingerprint density at radius 3 is 2.29 bits per heavy atom. The molecule has 0 radical (unpaired) electrons. The van der Waals surface area contributed by atoms with Crippen LogP contribution >= 0.6 is 0 Å². The maximum Gasteiger partial charge on any atom is 0.297 e. The smallest absolute Gasteiger partial charge is 0.297 e. The number of hydrogen-bond acceptors (Lipinski definition) is 7. The van der Waals surface area contributed by atoms with Crippen molar-refractivity contribution in [3.63, 3.8) is 0 Å². The second-order valence-corrected chi connectivity index (χ2v) is 20.3. The van der Waals surface area contributed by atoms with E-state index in [-0.39, 0.29) is 47.7 Å². The summed E-state index contributed by atoms with van der Waals surface area (Å²) >= 11 is 0. The number of anilines is 2. The van der Waals surface area contributed by atoms with Gasteiger partial charge in [-0.25, -0.2) is 0 Å². The summed E-state index contributed by atoms with van der Waals surface area (Å²) in [6.45, 7) is 6.88. The summed E-state index contributed by atoms with van der Waals surface area (Å²) in [4.78, 5) is 47.2. The van der Waals surface area contributed by atoms with E-state index in [9.17, 15) is 14.7 Å². The number of aliphatic hydroxyl groups is 1. The van der Waals surface area contributed by atoms with Gasteiger partial charge >= 0.3 is 0 Å². The van der Waals surface area contributed by atoms with Crippen molar-refractivity contribution >= 4 is 36.4 Å². The highest BCUT2D eigenvalue weighted by molar-refractivity contribution is 6.91. The number of fused-ring (bicyclic) bond motifs is 3. The number of aliphatic hydroxyl groups excluding tert-OH is 1. The number of rotatable bonds is 9. The second kappa shape index (κ2) is 14.5. The summed E-state index contributed by atoms with van der Waals surface area (Å²) in [5.74, 6) is 0.191. The minimum absolute atomic E-state index is 0.0327. The first-order valence-corrected chi connectivity index (χ1v) is 22.2. The predicted molar refractivity (Wildman–Crippen MR) is 218 cm³/mol. The Morgan fingerprint density at radius 1 is 0.875 bits per heavy atom. The van der Waals surface area contributed by atoms with Crippen LogP contribution in [0.1, 0.15) is 30.0 Å². The summed E-state index contributed by atoms with van der Waals surface area (Å²) in [5, 5.41) is 11.7. The van der Waals surface area contributed by atoms with Crippen LogP contribution in [0, 0.1) is 5.92 Å². The fourth-order valence-corrected chi connectivity index (χ4v) is 13.6. The molecule has 0 unspecified atom stereocenters. The summed E-state index contributed by atoms with van der Waals surface area (Å²) in [6.07, 6.45) is 1.63. The zero-order chi connectivity index (χ0) is 39.4. The summed E-state index contributed by atoms with van der Waals surface area (Å²) in [5.41, 5.74) is 2.73. The molecule has 0 aliphatic carbocycles. The van der Waals surface area contributed by atoms with Crippen molar-refractivity contribution in [1.82, 2.24) is 9.47 Å². The lowest BCUT2D eigenvalue weighted by atomic mass is 9.82. The van der Waals surface area contributed by atoms with Crippen LogP contribution in [0.4, 0.5) is 11.4 Å². The second-order valence-electron chi connectivity index (χ2n) is 15.6. The Morgan fingerprint density at radius 2 is 1.59 bits per heavy atom. The van der Waals surface area contributed by atoms with Crippen LogP contribution in [0.25, 0.3) is 5.69 Å². The average molecular weight is 770 g/mol. The Balaban J connectivity index is 1.28. The molecule has 56 heavy (non-hydrogen) atoms. The lowest BCUT2D eigenvalue weighted by Gasteiger charge is -2.39. The fraction of sp³-hybridized carbons (Fsp3) is 0.311. The normalized spacial score (nSPS) is 22.9. The molecule has 5 atom stereocenters. The van der Waals surface area contributed by atoms with Crippen molar-refractivity contribution in [1.29, 1.82) is 0 Å². The van der Waals surface area contributed by atoms with Crippen molar-refractivity contribution < 1.29 is 28.9 Å². The molecular formula is C45H47N3O7Si. The first kappa shape index (κ1) is 37.4. The molecule has 0 bridgehead atoms. The first-order valence-electron chi connectivity index (χ1n) is 19.1. The van der Waals surface area contributed by atoms with Gasteiger partial charge in [0.1, 0.15) is 5.75 Å². The van der Waals surface area contributed by atoms with Crippen molar-refractivity contribution in [2.75, 3.05) is 25.7 Å². The maximum atomic E-state index is 15.5. The molecule has 288 valence electrons. The van der Waals surface area contributed by atoms with Crippen LogP contribution < -0.4 is 25.1 Å². The Kier molecular flexibility index (Phi) is 9.72. The Bertz CT molecular complexity index is 2350. The van der Waals surface area contributed by atoms with Gasteiger partial charge in [-0.2, -0.15) is 0 Å². The zero-order valence-electron chi connectivity index (χ0n) is 32.3. The van der Waals surface area contributed by atoms with Gasteiger partial charge in [0.2, 0.25) is 5.91 Å². The number of amides is 2. The summed E-state index contributed by atoms with van der Waals surface area (Å²) < 4.78 is 19.7. The van der Waals surface area contributed by atoms with Gasteiger partial charge in [0.15, 0.2) is 11.4 Å². The molecule has 5 aromatic rings. The molecule has 4 aromatic carbocycles. The van der Waals surface area contributed by atoms with Crippen LogP contribution in [-0.4, -0.2) is 67.4 Å². The van der Waals surface area contributed by atoms with E-state index in [0.29, 0.717) is 35.6 Å².